The third-order valence-corrected chi connectivity index (χ3v) is 4.83. The number of para-hydroxylation sites is 2. The molecule has 0 fully saturated rings. The lowest BCUT2D eigenvalue weighted by Crippen LogP contribution is -2.33. The normalized spacial score (nSPS) is 10.7. The van der Waals surface area contributed by atoms with Gasteiger partial charge >= 0.3 is 0 Å². The van der Waals surface area contributed by atoms with Crippen LogP contribution in [-0.4, -0.2) is 34.3 Å². The number of nitrogens with zero attached hydrogens (tertiary/aromatic N) is 2. The fraction of sp³-hybridized carbons (Fsp3) is 0.227. The average molecular weight is 428 g/mol. The first-order chi connectivity index (χ1) is 14.4. The summed E-state index contributed by atoms with van der Waals surface area (Å²) in [5.74, 6) is 0.429. The number of aliphatic hydroxyl groups is 1. The Bertz CT molecular complexity index is 1130. The van der Waals surface area contributed by atoms with Gasteiger partial charge < -0.3 is 15.2 Å². The van der Waals surface area contributed by atoms with Crippen LogP contribution in [0.4, 0.5) is 5.69 Å². The van der Waals surface area contributed by atoms with Crippen LogP contribution in [0.5, 0.6) is 5.75 Å². The maximum Gasteiger partial charge on any atom is 0.257 e. The molecule has 30 heavy (non-hydrogen) atoms. The molecule has 0 aliphatic heterocycles. The van der Waals surface area contributed by atoms with E-state index in [-0.39, 0.29) is 25.1 Å². The standard InChI is InChI=1S/C22H22ClN3O4/c1-14-17(10-11-27)22(29)26(21(24-14)15-6-5-7-16(23)12-15)13-20(28)25-18-8-3-4-9-19(18)30-2/h3-9,12,27H,10-11,13H2,1-2H3,(H,25,28). The Balaban J connectivity index is 2.04. The lowest BCUT2D eigenvalue weighted by atomic mass is 10.1. The van der Waals surface area contributed by atoms with Crippen molar-refractivity contribution < 1.29 is 14.6 Å². The third-order valence-electron chi connectivity index (χ3n) is 4.60. The van der Waals surface area contributed by atoms with E-state index in [1.54, 1.807) is 55.5 Å². The molecule has 3 rings (SSSR count). The minimum atomic E-state index is -0.412. The van der Waals surface area contributed by atoms with E-state index >= 15 is 0 Å². The highest BCUT2D eigenvalue weighted by Crippen LogP contribution is 2.24. The molecule has 3 aromatic rings. The molecule has 0 saturated heterocycles. The van der Waals surface area contributed by atoms with Gasteiger partial charge in [0.1, 0.15) is 18.1 Å². The van der Waals surface area contributed by atoms with Gasteiger partial charge in [-0.15, -0.1) is 0 Å². The first-order valence-electron chi connectivity index (χ1n) is 9.34. The van der Waals surface area contributed by atoms with Crippen LogP contribution < -0.4 is 15.6 Å². The monoisotopic (exact) mass is 427 g/mol. The summed E-state index contributed by atoms with van der Waals surface area (Å²) >= 11 is 6.11. The van der Waals surface area contributed by atoms with Gasteiger partial charge in [0.2, 0.25) is 5.91 Å². The molecular weight excluding hydrogens is 406 g/mol. The van der Waals surface area contributed by atoms with Gasteiger partial charge in [0.25, 0.3) is 5.56 Å². The van der Waals surface area contributed by atoms with E-state index in [0.717, 1.165) is 0 Å². The molecule has 8 heteroatoms. The zero-order chi connectivity index (χ0) is 21.7. The SMILES string of the molecule is COc1ccccc1NC(=O)Cn1c(-c2cccc(Cl)c2)nc(C)c(CCO)c1=O. The van der Waals surface area contributed by atoms with E-state index < -0.39 is 5.91 Å². The van der Waals surface area contributed by atoms with E-state index in [9.17, 15) is 14.7 Å². The molecule has 0 bridgehead atoms. The molecule has 156 valence electrons. The molecule has 0 radical (unpaired) electrons. The Labute approximate surface area is 178 Å². The Kier molecular flexibility index (Phi) is 6.87. The number of benzene rings is 2. The van der Waals surface area contributed by atoms with Crippen molar-refractivity contribution in [3.63, 3.8) is 0 Å². The predicted octanol–water partition coefficient (Wildman–Crippen LogP) is 3.05. The second-order valence-electron chi connectivity index (χ2n) is 6.62. The van der Waals surface area contributed by atoms with Crippen LogP contribution in [0.2, 0.25) is 5.02 Å². The quantitative estimate of drug-likeness (QED) is 0.604. The summed E-state index contributed by atoms with van der Waals surface area (Å²) in [6, 6.07) is 13.9. The molecule has 0 saturated carbocycles. The minimum Gasteiger partial charge on any atom is -0.495 e. The number of carbonyl (C=O) groups is 1. The summed E-state index contributed by atoms with van der Waals surface area (Å²) in [6.07, 6.45) is 0.154. The maximum absolute atomic E-state index is 13.1. The van der Waals surface area contributed by atoms with Crippen molar-refractivity contribution in [3.05, 3.63) is 75.2 Å². The Morgan fingerprint density at radius 1 is 1.23 bits per heavy atom. The van der Waals surface area contributed by atoms with Crippen LogP contribution in [0.1, 0.15) is 11.3 Å². The number of halogens is 1. The number of hydrogen-bond donors (Lipinski definition) is 2. The summed E-state index contributed by atoms with van der Waals surface area (Å²) in [6.45, 7) is 1.26. The number of aliphatic hydroxyl groups excluding tert-OH is 1. The molecular formula is C22H22ClN3O4. The van der Waals surface area contributed by atoms with Crippen LogP contribution >= 0.6 is 11.6 Å². The third kappa shape index (κ3) is 4.69. The van der Waals surface area contributed by atoms with Crippen molar-refractivity contribution >= 4 is 23.2 Å². The molecule has 1 heterocycles. The number of methoxy groups -OCH3 is 1. The number of ether oxygens (including phenoxy) is 1. The van der Waals surface area contributed by atoms with Crippen molar-refractivity contribution in [2.45, 2.75) is 19.9 Å². The van der Waals surface area contributed by atoms with E-state index in [4.69, 9.17) is 16.3 Å². The van der Waals surface area contributed by atoms with Crippen LogP contribution in [-0.2, 0) is 17.8 Å². The summed E-state index contributed by atoms with van der Waals surface area (Å²) in [5, 5.41) is 12.6. The zero-order valence-electron chi connectivity index (χ0n) is 16.7. The van der Waals surface area contributed by atoms with Crippen molar-refractivity contribution in [2.75, 3.05) is 19.0 Å². The van der Waals surface area contributed by atoms with E-state index in [1.165, 1.54) is 11.7 Å². The van der Waals surface area contributed by atoms with Gasteiger partial charge in [-0.05, 0) is 31.2 Å². The molecule has 7 nitrogen and oxygen atoms in total. The summed E-state index contributed by atoms with van der Waals surface area (Å²) in [7, 11) is 1.51. The summed E-state index contributed by atoms with van der Waals surface area (Å²) in [4.78, 5) is 30.5. The first-order valence-corrected chi connectivity index (χ1v) is 9.72. The molecule has 2 N–H and O–H groups in total. The van der Waals surface area contributed by atoms with E-state index in [1.807, 2.05) is 0 Å². The highest BCUT2D eigenvalue weighted by Gasteiger charge is 2.18. The first kappa shape index (κ1) is 21.5. The van der Waals surface area contributed by atoms with Gasteiger partial charge in [0.15, 0.2) is 0 Å². The smallest absolute Gasteiger partial charge is 0.257 e. The molecule has 0 atom stereocenters. The molecule has 0 aliphatic rings. The van der Waals surface area contributed by atoms with Gasteiger partial charge in [-0.25, -0.2) is 4.98 Å². The number of aryl methyl sites for hydroxylation is 1. The Hall–Kier alpha value is -3.16. The lowest BCUT2D eigenvalue weighted by molar-refractivity contribution is -0.116. The summed E-state index contributed by atoms with van der Waals surface area (Å²) in [5.41, 5.74) is 1.61. The average Bonchev–Trinajstić information content (AvgIpc) is 2.73. The highest BCUT2D eigenvalue weighted by molar-refractivity contribution is 6.30. The number of anilines is 1. The minimum absolute atomic E-state index is 0.154. The number of carbonyl (C=O) groups excluding carboxylic acids is 1. The van der Waals surface area contributed by atoms with Gasteiger partial charge in [-0.1, -0.05) is 35.9 Å². The number of amides is 1. The molecule has 1 aromatic heterocycles. The van der Waals surface area contributed by atoms with Crippen LogP contribution in [0, 0.1) is 6.92 Å². The van der Waals surface area contributed by atoms with Crippen LogP contribution in [0.3, 0.4) is 0 Å². The van der Waals surface area contributed by atoms with E-state index in [2.05, 4.69) is 10.3 Å². The number of nitrogens with one attached hydrogen (secondary N) is 1. The van der Waals surface area contributed by atoms with Crippen molar-refractivity contribution in [2.24, 2.45) is 0 Å². The maximum atomic E-state index is 13.1. The summed E-state index contributed by atoms with van der Waals surface area (Å²) < 4.78 is 6.56. The van der Waals surface area contributed by atoms with Crippen molar-refractivity contribution in [1.82, 2.24) is 9.55 Å². The second kappa shape index (κ2) is 9.56. The van der Waals surface area contributed by atoms with Crippen molar-refractivity contribution in [3.8, 4) is 17.1 Å². The van der Waals surface area contributed by atoms with E-state index in [0.29, 0.717) is 39.1 Å². The fourth-order valence-electron chi connectivity index (χ4n) is 3.18. The Morgan fingerprint density at radius 2 is 2.00 bits per heavy atom. The van der Waals surface area contributed by atoms with Gasteiger partial charge in [-0.2, -0.15) is 0 Å². The topological polar surface area (TPSA) is 93.4 Å². The second-order valence-corrected chi connectivity index (χ2v) is 7.06. The van der Waals surface area contributed by atoms with Gasteiger partial charge in [-0.3, -0.25) is 14.2 Å². The Morgan fingerprint density at radius 3 is 2.70 bits per heavy atom. The number of aromatic nitrogens is 2. The predicted molar refractivity (Wildman–Crippen MR) is 116 cm³/mol. The van der Waals surface area contributed by atoms with Gasteiger partial charge in [0.05, 0.1) is 12.8 Å². The molecule has 2 aromatic carbocycles. The molecule has 0 unspecified atom stereocenters. The molecule has 0 spiro atoms. The number of rotatable bonds is 7. The highest BCUT2D eigenvalue weighted by atomic mass is 35.5. The molecule has 1 amide bonds. The van der Waals surface area contributed by atoms with Gasteiger partial charge in [0, 0.05) is 34.9 Å². The van der Waals surface area contributed by atoms with Crippen LogP contribution in [0.15, 0.2) is 53.3 Å². The fourth-order valence-corrected chi connectivity index (χ4v) is 3.37. The lowest BCUT2D eigenvalue weighted by Gasteiger charge is -2.16. The largest absolute Gasteiger partial charge is 0.495 e. The zero-order valence-corrected chi connectivity index (χ0v) is 17.4. The van der Waals surface area contributed by atoms with Crippen LogP contribution in [0.25, 0.3) is 11.4 Å². The van der Waals surface area contributed by atoms with Crippen molar-refractivity contribution in [1.29, 1.82) is 0 Å². The number of hydrogen-bond acceptors (Lipinski definition) is 5. The molecule has 0 aliphatic carbocycles.